The van der Waals surface area contributed by atoms with Gasteiger partial charge in [-0.15, -0.1) is 0 Å². The number of hydrogen-bond acceptors (Lipinski definition) is 4. The lowest BCUT2D eigenvalue weighted by Crippen LogP contribution is -2.52. The maximum Gasteiger partial charge on any atom is 0.261 e. The smallest absolute Gasteiger partial charge is 0.261 e. The molecule has 0 N–H and O–H groups in total. The lowest BCUT2D eigenvalue weighted by Gasteiger charge is -2.41. The highest BCUT2D eigenvalue weighted by Gasteiger charge is 2.51. The first-order valence-electron chi connectivity index (χ1n) is 15.2. The lowest BCUT2D eigenvalue weighted by atomic mass is 9.80. The predicted octanol–water partition coefficient (Wildman–Crippen LogP) is 8.01. The van der Waals surface area contributed by atoms with Crippen molar-refractivity contribution in [1.29, 1.82) is 0 Å². The van der Waals surface area contributed by atoms with Gasteiger partial charge in [0.15, 0.2) is 0 Å². The van der Waals surface area contributed by atoms with Crippen LogP contribution in [0.5, 0.6) is 0 Å². The molecule has 222 valence electrons. The van der Waals surface area contributed by atoms with E-state index in [1.165, 1.54) is 0 Å². The van der Waals surface area contributed by atoms with E-state index in [1.807, 2.05) is 104 Å². The standard InChI is InChI=1S/C39H38NO3P/c1-29-24-30(2)26-34(25-29)38-40-37(31(3)42-38)39(27-32-16-8-4-9-17-32,28-33-18-10-5-11-19-33)43-44(41,35-20-12-6-13-21-35)36-22-14-7-15-23-36/h4-26,31,37H,27-28H2,1-3H3/t31-,37-/m0/s1. The molecule has 0 bridgehead atoms. The average molecular weight is 600 g/mol. The van der Waals surface area contributed by atoms with E-state index in [-0.39, 0.29) is 6.10 Å². The third kappa shape index (κ3) is 6.33. The average Bonchev–Trinajstić information content (AvgIpc) is 3.45. The Kier molecular flexibility index (Phi) is 8.66. The van der Waals surface area contributed by atoms with Gasteiger partial charge >= 0.3 is 0 Å². The summed E-state index contributed by atoms with van der Waals surface area (Å²) in [5.41, 5.74) is 4.38. The zero-order chi connectivity index (χ0) is 30.6. The van der Waals surface area contributed by atoms with Crippen molar-refractivity contribution in [2.45, 2.75) is 51.4 Å². The van der Waals surface area contributed by atoms with E-state index in [0.29, 0.717) is 29.3 Å². The summed E-state index contributed by atoms with van der Waals surface area (Å²) in [6.07, 6.45) is 0.668. The molecule has 6 rings (SSSR count). The molecular formula is C39H38NO3P. The number of hydrogen-bond donors (Lipinski definition) is 0. The summed E-state index contributed by atoms with van der Waals surface area (Å²) < 4.78 is 29.5. The van der Waals surface area contributed by atoms with Crippen molar-refractivity contribution < 1.29 is 13.8 Å². The minimum atomic E-state index is -3.63. The molecule has 0 aliphatic carbocycles. The minimum Gasteiger partial charge on any atom is -0.472 e. The number of rotatable bonds is 10. The van der Waals surface area contributed by atoms with Crippen molar-refractivity contribution >= 4 is 23.9 Å². The van der Waals surface area contributed by atoms with Crippen LogP contribution in [0.2, 0.25) is 0 Å². The Morgan fingerprint density at radius 2 is 1.11 bits per heavy atom. The summed E-state index contributed by atoms with van der Waals surface area (Å²) in [7, 11) is -3.63. The molecule has 1 aliphatic heterocycles. The molecule has 0 unspecified atom stereocenters. The maximum absolute atomic E-state index is 15.6. The third-order valence-electron chi connectivity index (χ3n) is 8.20. The first-order valence-corrected chi connectivity index (χ1v) is 16.8. The quantitative estimate of drug-likeness (QED) is 0.153. The van der Waals surface area contributed by atoms with Crippen molar-refractivity contribution in [2.75, 3.05) is 0 Å². The molecule has 5 heteroatoms. The van der Waals surface area contributed by atoms with Crippen LogP contribution in [0.15, 0.2) is 145 Å². The van der Waals surface area contributed by atoms with Crippen LogP contribution in [0.25, 0.3) is 0 Å². The van der Waals surface area contributed by atoms with Gasteiger partial charge in [-0.2, -0.15) is 0 Å². The molecule has 0 saturated heterocycles. The summed E-state index contributed by atoms with van der Waals surface area (Å²) in [4.78, 5) is 5.31. The number of aryl methyl sites for hydroxylation is 2. The third-order valence-corrected chi connectivity index (χ3v) is 10.8. The molecule has 0 spiro atoms. The zero-order valence-electron chi connectivity index (χ0n) is 25.5. The summed E-state index contributed by atoms with van der Waals surface area (Å²) in [6.45, 7) is 6.22. The van der Waals surface area contributed by atoms with E-state index >= 15 is 4.57 Å². The Morgan fingerprint density at radius 1 is 0.682 bits per heavy atom. The van der Waals surface area contributed by atoms with Crippen molar-refractivity contribution in [2.24, 2.45) is 4.99 Å². The Balaban J connectivity index is 1.57. The number of nitrogens with zero attached hydrogens (tertiary/aromatic N) is 1. The molecule has 0 aromatic heterocycles. The first-order chi connectivity index (χ1) is 21.3. The van der Waals surface area contributed by atoms with E-state index in [2.05, 4.69) is 56.3 Å². The molecule has 2 atom stereocenters. The van der Waals surface area contributed by atoms with Gasteiger partial charge < -0.3 is 9.26 Å². The maximum atomic E-state index is 15.6. The van der Waals surface area contributed by atoms with E-state index in [0.717, 1.165) is 27.8 Å². The molecule has 0 radical (unpaired) electrons. The molecule has 0 amide bonds. The molecule has 0 saturated carbocycles. The first kappa shape index (κ1) is 29.8. The molecule has 1 aliphatic rings. The van der Waals surface area contributed by atoms with Gasteiger partial charge in [0.25, 0.3) is 7.37 Å². The second kappa shape index (κ2) is 12.8. The zero-order valence-corrected chi connectivity index (χ0v) is 26.4. The second-order valence-electron chi connectivity index (χ2n) is 11.8. The van der Waals surface area contributed by atoms with Gasteiger partial charge in [0.1, 0.15) is 17.7 Å². The van der Waals surface area contributed by atoms with Crippen molar-refractivity contribution in [3.63, 3.8) is 0 Å². The normalized spacial score (nSPS) is 16.8. The largest absolute Gasteiger partial charge is 0.472 e. The SMILES string of the molecule is Cc1cc(C)cc(C2=N[C@H](C(Cc3ccccc3)(Cc3ccccc3)OP(=O)(c3ccccc3)c3ccccc3)[C@H](C)O2)c1. The van der Waals surface area contributed by atoms with E-state index in [4.69, 9.17) is 14.3 Å². The summed E-state index contributed by atoms with van der Waals surface area (Å²) >= 11 is 0. The van der Waals surface area contributed by atoms with Crippen molar-refractivity contribution in [3.05, 3.63) is 167 Å². The van der Waals surface area contributed by atoms with Crippen LogP contribution in [0.1, 0.15) is 34.7 Å². The highest BCUT2D eigenvalue weighted by molar-refractivity contribution is 7.74. The van der Waals surface area contributed by atoms with Crippen LogP contribution in [0.4, 0.5) is 0 Å². The molecule has 1 heterocycles. The van der Waals surface area contributed by atoms with E-state index < -0.39 is 19.0 Å². The molecule has 5 aromatic rings. The van der Waals surface area contributed by atoms with Crippen LogP contribution in [-0.2, 0) is 26.7 Å². The topological polar surface area (TPSA) is 47.9 Å². The summed E-state index contributed by atoms with van der Waals surface area (Å²) in [6, 6.07) is 45.7. The highest BCUT2D eigenvalue weighted by Crippen LogP contribution is 2.52. The van der Waals surface area contributed by atoms with Gasteiger partial charge in [0.2, 0.25) is 5.90 Å². The summed E-state index contributed by atoms with van der Waals surface area (Å²) in [5.74, 6) is 0.595. The Morgan fingerprint density at radius 3 is 1.57 bits per heavy atom. The number of ether oxygens (including phenoxy) is 1. The van der Waals surface area contributed by atoms with Gasteiger partial charge in [-0.05, 0) is 68.3 Å². The van der Waals surface area contributed by atoms with Crippen molar-refractivity contribution in [1.82, 2.24) is 0 Å². The van der Waals surface area contributed by atoms with Crippen LogP contribution >= 0.6 is 7.37 Å². The van der Waals surface area contributed by atoms with Crippen LogP contribution in [-0.4, -0.2) is 23.6 Å². The predicted molar refractivity (Wildman–Crippen MR) is 181 cm³/mol. The van der Waals surface area contributed by atoms with Gasteiger partial charge in [-0.25, -0.2) is 4.99 Å². The Labute approximate surface area is 260 Å². The van der Waals surface area contributed by atoms with Crippen LogP contribution in [0.3, 0.4) is 0 Å². The lowest BCUT2D eigenvalue weighted by molar-refractivity contribution is 0.0185. The molecule has 0 fully saturated rings. The molecule has 5 aromatic carbocycles. The van der Waals surface area contributed by atoms with Gasteiger partial charge in [-0.1, -0.05) is 114 Å². The van der Waals surface area contributed by atoms with Gasteiger partial charge in [0, 0.05) is 29.0 Å². The van der Waals surface area contributed by atoms with Crippen LogP contribution < -0.4 is 10.6 Å². The molecular weight excluding hydrogens is 561 g/mol. The molecule has 4 nitrogen and oxygen atoms in total. The number of aliphatic imine (C=N–C) groups is 1. The summed E-state index contributed by atoms with van der Waals surface area (Å²) in [5, 5.41) is 1.31. The van der Waals surface area contributed by atoms with E-state index in [9.17, 15) is 0 Å². The molecule has 44 heavy (non-hydrogen) atoms. The fourth-order valence-corrected chi connectivity index (χ4v) is 8.71. The fourth-order valence-electron chi connectivity index (χ4n) is 6.32. The monoisotopic (exact) mass is 599 g/mol. The van der Waals surface area contributed by atoms with Crippen LogP contribution in [0, 0.1) is 13.8 Å². The van der Waals surface area contributed by atoms with E-state index in [1.54, 1.807) is 0 Å². The van der Waals surface area contributed by atoms with Gasteiger partial charge in [-0.3, -0.25) is 4.57 Å². The number of benzene rings is 5. The highest BCUT2D eigenvalue weighted by atomic mass is 31.2. The van der Waals surface area contributed by atoms with Gasteiger partial charge in [0.05, 0.1) is 0 Å². The van der Waals surface area contributed by atoms with Crippen molar-refractivity contribution in [3.8, 4) is 0 Å². The Bertz CT molecular complexity index is 1670. The Hall–Kier alpha value is -4.24. The second-order valence-corrected chi connectivity index (χ2v) is 14.1. The fraction of sp³-hybridized carbons (Fsp3) is 0.205. The minimum absolute atomic E-state index is 0.321.